The van der Waals surface area contributed by atoms with Gasteiger partial charge in [-0.25, -0.2) is 4.39 Å². The van der Waals surface area contributed by atoms with Crippen LogP contribution in [-0.4, -0.2) is 4.92 Å². The molecular formula is C19H11FN2O3. The summed E-state index contributed by atoms with van der Waals surface area (Å²) in [5, 5.41) is 20.0. The van der Waals surface area contributed by atoms with Crippen LogP contribution in [0.2, 0.25) is 0 Å². The molecule has 0 aliphatic rings. The molecule has 6 heteroatoms. The topological polar surface area (TPSA) is 80.1 Å². The fourth-order valence-corrected chi connectivity index (χ4v) is 2.31. The average molecular weight is 334 g/mol. The number of halogens is 1. The number of allylic oxidation sites excluding steroid dienone is 1. The smallest absolute Gasteiger partial charge is 0.269 e. The van der Waals surface area contributed by atoms with Crippen molar-refractivity contribution < 1.29 is 13.7 Å². The average Bonchev–Trinajstić information content (AvgIpc) is 3.08. The summed E-state index contributed by atoms with van der Waals surface area (Å²) in [6.07, 6.45) is 1.52. The minimum Gasteiger partial charge on any atom is -0.457 e. The Morgan fingerprint density at radius 2 is 1.92 bits per heavy atom. The van der Waals surface area contributed by atoms with Gasteiger partial charge in [0.25, 0.3) is 5.69 Å². The Morgan fingerprint density at radius 3 is 2.56 bits per heavy atom. The van der Waals surface area contributed by atoms with Crippen LogP contribution in [0.3, 0.4) is 0 Å². The molecule has 0 spiro atoms. The van der Waals surface area contributed by atoms with Gasteiger partial charge in [-0.2, -0.15) is 5.26 Å². The number of benzene rings is 2. The van der Waals surface area contributed by atoms with E-state index in [-0.39, 0.29) is 11.3 Å². The number of nitriles is 1. The van der Waals surface area contributed by atoms with E-state index in [2.05, 4.69) is 0 Å². The predicted octanol–water partition coefficient (Wildman–Crippen LogP) is 5.06. The Bertz CT molecular complexity index is 998. The molecule has 0 saturated carbocycles. The number of nitro benzene ring substituents is 1. The Labute approximate surface area is 142 Å². The number of hydrogen-bond donors (Lipinski definition) is 0. The molecule has 0 unspecified atom stereocenters. The maximum Gasteiger partial charge on any atom is 0.269 e. The van der Waals surface area contributed by atoms with Crippen LogP contribution in [0.25, 0.3) is 23.0 Å². The summed E-state index contributed by atoms with van der Waals surface area (Å²) in [7, 11) is 0. The molecule has 0 N–H and O–H groups in total. The fourth-order valence-electron chi connectivity index (χ4n) is 2.31. The van der Waals surface area contributed by atoms with Crippen LogP contribution in [0, 0.1) is 27.3 Å². The van der Waals surface area contributed by atoms with Crippen LogP contribution in [0.1, 0.15) is 11.3 Å². The van der Waals surface area contributed by atoms with E-state index in [0.717, 1.165) is 0 Å². The van der Waals surface area contributed by atoms with Gasteiger partial charge in [-0.1, -0.05) is 12.1 Å². The summed E-state index contributed by atoms with van der Waals surface area (Å²) in [4.78, 5) is 10.2. The molecule has 0 radical (unpaired) electrons. The Morgan fingerprint density at radius 1 is 1.16 bits per heavy atom. The third-order valence-electron chi connectivity index (χ3n) is 3.53. The molecule has 25 heavy (non-hydrogen) atoms. The number of nitro groups is 1. The highest BCUT2D eigenvalue weighted by atomic mass is 19.1. The van der Waals surface area contributed by atoms with Crippen molar-refractivity contribution in [2.45, 2.75) is 0 Å². The fraction of sp³-hybridized carbons (Fsp3) is 0. The standard InChI is InChI=1S/C19H11FN2O3/c20-16-3-1-2-14(10-16)15(12-21)11-18-8-9-19(25-18)13-4-6-17(7-5-13)22(23)24/h1-11H/b15-11+. The maximum absolute atomic E-state index is 13.3. The molecular weight excluding hydrogens is 323 g/mol. The molecule has 2 aromatic carbocycles. The van der Waals surface area contributed by atoms with Crippen LogP contribution in [0.5, 0.6) is 0 Å². The van der Waals surface area contributed by atoms with Gasteiger partial charge in [-0.15, -0.1) is 0 Å². The highest BCUT2D eigenvalue weighted by molar-refractivity contribution is 5.88. The molecule has 0 aliphatic heterocycles. The lowest BCUT2D eigenvalue weighted by molar-refractivity contribution is -0.384. The summed E-state index contributed by atoms with van der Waals surface area (Å²) < 4.78 is 19.0. The molecule has 3 aromatic rings. The van der Waals surface area contributed by atoms with Crippen molar-refractivity contribution in [2.75, 3.05) is 0 Å². The predicted molar refractivity (Wildman–Crippen MR) is 90.7 cm³/mol. The molecule has 0 amide bonds. The molecule has 3 rings (SSSR count). The Hall–Kier alpha value is -3.72. The second-order valence-corrected chi connectivity index (χ2v) is 5.19. The van der Waals surface area contributed by atoms with Gasteiger partial charge < -0.3 is 4.42 Å². The molecule has 122 valence electrons. The van der Waals surface area contributed by atoms with Gasteiger partial charge >= 0.3 is 0 Å². The normalized spacial score (nSPS) is 11.1. The zero-order valence-electron chi connectivity index (χ0n) is 12.8. The first-order valence-electron chi connectivity index (χ1n) is 7.29. The van der Waals surface area contributed by atoms with Gasteiger partial charge in [0, 0.05) is 17.7 Å². The van der Waals surface area contributed by atoms with E-state index in [9.17, 15) is 19.8 Å². The summed E-state index contributed by atoms with van der Waals surface area (Å²) in [5.74, 6) is 0.511. The number of hydrogen-bond acceptors (Lipinski definition) is 4. The second kappa shape index (κ2) is 6.81. The van der Waals surface area contributed by atoms with Gasteiger partial charge in [0.05, 0.1) is 16.6 Å². The van der Waals surface area contributed by atoms with Crippen LogP contribution in [-0.2, 0) is 0 Å². The van der Waals surface area contributed by atoms with E-state index in [0.29, 0.717) is 22.6 Å². The van der Waals surface area contributed by atoms with Gasteiger partial charge in [-0.05, 0) is 48.0 Å². The lowest BCUT2D eigenvalue weighted by Gasteiger charge is -1.99. The van der Waals surface area contributed by atoms with Crippen molar-refractivity contribution in [3.8, 4) is 17.4 Å². The van der Waals surface area contributed by atoms with E-state index < -0.39 is 10.7 Å². The van der Waals surface area contributed by atoms with Crippen LogP contribution in [0.4, 0.5) is 10.1 Å². The molecule has 0 bridgehead atoms. The van der Waals surface area contributed by atoms with Crippen molar-refractivity contribution in [1.29, 1.82) is 5.26 Å². The van der Waals surface area contributed by atoms with Crippen molar-refractivity contribution in [3.05, 3.63) is 87.9 Å². The quantitative estimate of drug-likeness (QED) is 0.379. The molecule has 5 nitrogen and oxygen atoms in total. The highest BCUT2D eigenvalue weighted by Gasteiger charge is 2.09. The first-order chi connectivity index (χ1) is 12.1. The van der Waals surface area contributed by atoms with Crippen molar-refractivity contribution in [1.82, 2.24) is 0 Å². The molecule has 1 heterocycles. The van der Waals surface area contributed by atoms with Gasteiger partial charge in [0.15, 0.2) is 0 Å². The van der Waals surface area contributed by atoms with E-state index in [4.69, 9.17) is 4.42 Å². The molecule has 0 aliphatic carbocycles. The van der Waals surface area contributed by atoms with E-state index in [1.54, 1.807) is 30.3 Å². The SMILES string of the molecule is N#C/C(=C\c1ccc(-c2ccc([N+](=O)[O-])cc2)o1)c1cccc(F)c1. The van der Waals surface area contributed by atoms with Crippen LogP contribution >= 0.6 is 0 Å². The summed E-state index contributed by atoms with van der Waals surface area (Å²) >= 11 is 0. The second-order valence-electron chi connectivity index (χ2n) is 5.19. The first-order valence-corrected chi connectivity index (χ1v) is 7.29. The van der Waals surface area contributed by atoms with Gasteiger partial charge in [0.2, 0.25) is 0 Å². The number of rotatable bonds is 4. The Kier molecular flexibility index (Phi) is 4.40. The number of furan rings is 1. The van der Waals surface area contributed by atoms with E-state index >= 15 is 0 Å². The monoisotopic (exact) mass is 334 g/mol. The summed E-state index contributed by atoms with van der Waals surface area (Å²) in [5.41, 5.74) is 1.39. The molecule has 0 saturated heterocycles. The third-order valence-corrected chi connectivity index (χ3v) is 3.53. The number of non-ortho nitro benzene ring substituents is 1. The highest BCUT2D eigenvalue weighted by Crippen LogP contribution is 2.26. The van der Waals surface area contributed by atoms with Crippen molar-refractivity contribution in [3.63, 3.8) is 0 Å². The Balaban J connectivity index is 1.90. The largest absolute Gasteiger partial charge is 0.457 e. The first kappa shape index (κ1) is 16.1. The zero-order valence-corrected chi connectivity index (χ0v) is 12.8. The number of nitrogens with zero attached hydrogens (tertiary/aromatic N) is 2. The van der Waals surface area contributed by atoms with E-state index in [1.165, 1.54) is 36.4 Å². The molecule has 1 aromatic heterocycles. The van der Waals surface area contributed by atoms with E-state index in [1.807, 2.05) is 6.07 Å². The third kappa shape index (κ3) is 3.62. The minimum atomic E-state index is -0.474. The minimum absolute atomic E-state index is 0.00621. The van der Waals surface area contributed by atoms with Gasteiger partial charge in [-0.3, -0.25) is 10.1 Å². The molecule has 0 fully saturated rings. The van der Waals surface area contributed by atoms with Crippen LogP contribution in [0.15, 0.2) is 65.1 Å². The lowest BCUT2D eigenvalue weighted by atomic mass is 10.1. The van der Waals surface area contributed by atoms with Gasteiger partial charge in [0.1, 0.15) is 17.3 Å². The molecule has 0 atom stereocenters. The van der Waals surface area contributed by atoms with Crippen molar-refractivity contribution in [2.24, 2.45) is 0 Å². The summed E-state index contributed by atoms with van der Waals surface area (Å²) in [6.45, 7) is 0. The van der Waals surface area contributed by atoms with Crippen LogP contribution < -0.4 is 0 Å². The zero-order chi connectivity index (χ0) is 17.8. The summed E-state index contributed by atoms with van der Waals surface area (Å²) in [6, 6.07) is 17.1. The van der Waals surface area contributed by atoms with Crippen molar-refractivity contribution >= 4 is 17.3 Å². The lowest BCUT2D eigenvalue weighted by Crippen LogP contribution is -1.86. The maximum atomic E-state index is 13.3.